The third kappa shape index (κ3) is 10.0. The lowest BCUT2D eigenvalue weighted by Crippen LogP contribution is -2.32. The summed E-state index contributed by atoms with van der Waals surface area (Å²) in [6, 6.07) is 21.1. The summed E-state index contributed by atoms with van der Waals surface area (Å²) in [5.74, 6) is 0.793. The second-order valence-electron chi connectivity index (χ2n) is 13.1. The van der Waals surface area contributed by atoms with Gasteiger partial charge in [-0.05, 0) is 102 Å². The van der Waals surface area contributed by atoms with E-state index in [1.807, 2.05) is 108 Å². The number of furan rings is 1. The van der Waals surface area contributed by atoms with Crippen molar-refractivity contribution in [3.05, 3.63) is 89.2 Å². The minimum Gasteiger partial charge on any atom is -0.489 e. The molecule has 1 amide bonds. The Kier molecular flexibility index (Phi) is 11.3. The summed E-state index contributed by atoms with van der Waals surface area (Å²) in [4.78, 5) is 24.5. The van der Waals surface area contributed by atoms with Crippen LogP contribution in [-0.2, 0) is 44.8 Å². The molecule has 0 spiro atoms. The van der Waals surface area contributed by atoms with Crippen LogP contribution < -0.4 is 10.1 Å². The highest BCUT2D eigenvalue weighted by atomic mass is 32.2. The SMILES string of the molecule is CCOC(=O)Cc1ccccc1OCc1cc(-c2cccc(CNC(=O)OC(C)(C)C)c2)c2oc(C(C)=N[S@](=O)C(C)(C)C)cc2c1. The number of alkyl carbamates (subject to hydrolysis) is 1. The van der Waals surface area contributed by atoms with E-state index in [1.54, 1.807) is 13.8 Å². The van der Waals surface area contributed by atoms with Gasteiger partial charge in [0.1, 0.15) is 40.3 Å². The molecule has 0 saturated heterocycles. The topological polar surface area (TPSA) is 116 Å². The lowest BCUT2D eigenvalue weighted by Gasteiger charge is -2.19. The number of amides is 1. The van der Waals surface area contributed by atoms with Crippen LogP contribution in [0.15, 0.2) is 75.5 Å². The predicted molar refractivity (Wildman–Crippen MR) is 186 cm³/mol. The first-order valence-corrected chi connectivity index (χ1v) is 16.7. The molecule has 10 heteroatoms. The number of carbonyl (C=O) groups is 2. The number of nitrogens with one attached hydrogen (secondary N) is 1. The molecule has 1 heterocycles. The number of carbonyl (C=O) groups excluding carboxylic acids is 2. The Balaban J connectivity index is 1.71. The summed E-state index contributed by atoms with van der Waals surface area (Å²) in [6.07, 6.45) is -0.385. The van der Waals surface area contributed by atoms with Gasteiger partial charge in [0.25, 0.3) is 0 Å². The van der Waals surface area contributed by atoms with Crippen molar-refractivity contribution in [2.75, 3.05) is 6.61 Å². The van der Waals surface area contributed by atoms with Crippen molar-refractivity contribution in [3.8, 4) is 16.9 Å². The summed E-state index contributed by atoms with van der Waals surface area (Å²) >= 11 is 0. The Morgan fingerprint density at radius 2 is 1.68 bits per heavy atom. The number of nitrogens with zero attached hydrogens (tertiary/aromatic N) is 1. The Hall–Kier alpha value is -4.44. The van der Waals surface area contributed by atoms with Crippen molar-refractivity contribution < 1.29 is 32.4 Å². The van der Waals surface area contributed by atoms with Crippen molar-refractivity contribution in [3.63, 3.8) is 0 Å². The van der Waals surface area contributed by atoms with Crippen LogP contribution >= 0.6 is 0 Å². The molecule has 0 saturated carbocycles. The highest BCUT2D eigenvalue weighted by molar-refractivity contribution is 7.85. The van der Waals surface area contributed by atoms with Gasteiger partial charge < -0.3 is 23.9 Å². The zero-order valence-electron chi connectivity index (χ0n) is 28.4. The predicted octanol–water partition coefficient (Wildman–Crippen LogP) is 8.08. The van der Waals surface area contributed by atoms with Crippen LogP contribution in [0.1, 0.15) is 77.8 Å². The highest BCUT2D eigenvalue weighted by Gasteiger charge is 2.21. The molecular weight excluding hydrogens is 616 g/mol. The third-order valence-corrected chi connectivity index (χ3v) is 8.34. The molecule has 0 aliphatic rings. The molecule has 47 heavy (non-hydrogen) atoms. The largest absolute Gasteiger partial charge is 0.489 e. The molecule has 0 fully saturated rings. The number of hydrogen-bond acceptors (Lipinski definition) is 7. The molecule has 9 nitrogen and oxygen atoms in total. The minimum atomic E-state index is -1.45. The van der Waals surface area contributed by atoms with E-state index in [0.717, 1.165) is 33.2 Å². The molecule has 0 aliphatic heterocycles. The monoisotopic (exact) mass is 660 g/mol. The average molecular weight is 661 g/mol. The van der Waals surface area contributed by atoms with Gasteiger partial charge in [0.15, 0.2) is 0 Å². The van der Waals surface area contributed by atoms with Gasteiger partial charge in [-0.15, -0.1) is 0 Å². The van der Waals surface area contributed by atoms with E-state index in [0.29, 0.717) is 29.4 Å². The van der Waals surface area contributed by atoms with E-state index in [1.165, 1.54) is 0 Å². The van der Waals surface area contributed by atoms with Crippen LogP contribution in [-0.4, -0.2) is 38.9 Å². The van der Waals surface area contributed by atoms with Crippen LogP contribution in [0.3, 0.4) is 0 Å². The molecule has 0 aliphatic carbocycles. The zero-order chi connectivity index (χ0) is 34.4. The number of rotatable bonds is 11. The first kappa shape index (κ1) is 35.4. The molecule has 0 radical (unpaired) electrons. The van der Waals surface area contributed by atoms with Gasteiger partial charge in [0.2, 0.25) is 0 Å². The fourth-order valence-electron chi connectivity index (χ4n) is 4.65. The normalized spacial score (nSPS) is 12.9. The first-order valence-electron chi connectivity index (χ1n) is 15.6. The van der Waals surface area contributed by atoms with E-state index in [2.05, 4.69) is 9.71 Å². The maximum absolute atomic E-state index is 12.8. The maximum atomic E-state index is 12.8. The molecule has 4 aromatic rings. The van der Waals surface area contributed by atoms with Crippen LogP contribution in [0, 0.1) is 0 Å². The summed E-state index contributed by atoms with van der Waals surface area (Å²) in [5.41, 5.74) is 4.74. The molecule has 1 aromatic heterocycles. The molecule has 3 aromatic carbocycles. The Labute approximate surface area is 279 Å². The summed E-state index contributed by atoms with van der Waals surface area (Å²) < 4.78 is 39.8. The third-order valence-electron chi connectivity index (χ3n) is 6.86. The molecule has 4 rings (SSSR count). The summed E-state index contributed by atoms with van der Waals surface area (Å²) in [5, 5.41) is 3.64. The molecule has 1 atom stereocenters. The van der Waals surface area contributed by atoms with Crippen molar-refractivity contribution in [1.29, 1.82) is 0 Å². The van der Waals surface area contributed by atoms with Gasteiger partial charge in [-0.25, -0.2) is 9.00 Å². The first-order chi connectivity index (χ1) is 22.1. The van der Waals surface area contributed by atoms with Crippen LogP contribution in [0.4, 0.5) is 4.79 Å². The van der Waals surface area contributed by atoms with Gasteiger partial charge in [-0.3, -0.25) is 4.79 Å². The second-order valence-corrected chi connectivity index (χ2v) is 15.1. The van der Waals surface area contributed by atoms with Crippen molar-refractivity contribution in [2.45, 2.75) is 85.3 Å². The van der Waals surface area contributed by atoms with Crippen molar-refractivity contribution >= 4 is 39.7 Å². The van der Waals surface area contributed by atoms with Gasteiger partial charge in [-0.2, -0.15) is 4.40 Å². The van der Waals surface area contributed by atoms with Crippen molar-refractivity contribution in [1.82, 2.24) is 5.32 Å². The Bertz CT molecular complexity index is 1790. The van der Waals surface area contributed by atoms with Crippen LogP contribution in [0.5, 0.6) is 5.75 Å². The van der Waals surface area contributed by atoms with E-state index < -0.39 is 27.4 Å². The number of esters is 1. The number of para-hydroxylation sites is 1. The summed E-state index contributed by atoms with van der Waals surface area (Å²) in [6.45, 7) is 15.5. The maximum Gasteiger partial charge on any atom is 0.407 e. The fourth-order valence-corrected chi connectivity index (χ4v) is 5.27. The number of ether oxygens (including phenoxy) is 3. The van der Waals surface area contributed by atoms with Crippen LogP contribution in [0.2, 0.25) is 0 Å². The van der Waals surface area contributed by atoms with Crippen LogP contribution in [0.25, 0.3) is 22.1 Å². The Morgan fingerprint density at radius 3 is 2.38 bits per heavy atom. The minimum absolute atomic E-state index is 0.109. The Morgan fingerprint density at radius 1 is 0.936 bits per heavy atom. The second kappa shape index (κ2) is 15.0. The lowest BCUT2D eigenvalue weighted by molar-refractivity contribution is -0.142. The molecule has 0 bridgehead atoms. The fraction of sp³-hybridized carbons (Fsp3) is 0.378. The lowest BCUT2D eigenvalue weighted by atomic mass is 9.99. The zero-order valence-corrected chi connectivity index (χ0v) is 29.2. The highest BCUT2D eigenvalue weighted by Crippen LogP contribution is 2.34. The summed E-state index contributed by atoms with van der Waals surface area (Å²) in [7, 11) is -1.45. The molecule has 250 valence electrons. The van der Waals surface area contributed by atoms with Gasteiger partial charge >= 0.3 is 12.1 Å². The van der Waals surface area contributed by atoms with Gasteiger partial charge in [0, 0.05) is 23.1 Å². The molecule has 1 N–H and O–H groups in total. The number of hydrogen-bond donors (Lipinski definition) is 1. The standard InChI is InChI=1S/C37H44N2O7S/c1-9-43-33(40)21-28-14-10-11-16-31(28)44-23-26-18-29-20-32(24(2)39-47(42)37(6,7)8)45-34(29)30(19-26)27-15-12-13-25(17-27)22-38-35(41)46-36(3,4)5/h10-20H,9,21-23H2,1-8H3,(H,38,41)/t47-/m1/s1. The number of benzene rings is 3. The van der Waals surface area contributed by atoms with E-state index in [-0.39, 0.29) is 25.5 Å². The molecular formula is C37H44N2O7S. The van der Waals surface area contributed by atoms with Gasteiger partial charge in [-0.1, -0.05) is 36.4 Å². The van der Waals surface area contributed by atoms with E-state index in [9.17, 15) is 13.8 Å². The van der Waals surface area contributed by atoms with Gasteiger partial charge in [0.05, 0.1) is 23.5 Å². The van der Waals surface area contributed by atoms with E-state index >= 15 is 0 Å². The quantitative estimate of drug-likeness (QED) is 0.128. The average Bonchev–Trinajstić information content (AvgIpc) is 3.43. The van der Waals surface area contributed by atoms with Crippen molar-refractivity contribution in [2.24, 2.45) is 4.40 Å². The molecule has 0 unspecified atom stereocenters. The number of fused-ring (bicyclic) bond motifs is 1. The van der Waals surface area contributed by atoms with E-state index in [4.69, 9.17) is 18.6 Å². The smallest absolute Gasteiger partial charge is 0.407 e.